The smallest absolute Gasteiger partial charge is 0.405 e. The van der Waals surface area contributed by atoms with Crippen LogP contribution in [0.15, 0.2) is 77.1 Å². The van der Waals surface area contributed by atoms with Gasteiger partial charge in [0.15, 0.2) is 0 Å². The molecule has 0 aliphatic heterocycles. The number of halogens is 5. The maximum absolute atomic E-state index is 13.5. The van der Waals surface area contributed by atoms with Gasteiger partial charge in [0, 0.05) is 23.3 Å². The van der Waals surface area contributed by atoms with Crippen LogP contribution in [0.1, 0.15) is 28.4 Å². The molecule has 0 aliphatic rings. The van der Waals surface area contributed by atoms with E-state index in [2.05, 4.69) is 21.9 Å². The number of hydrogen-bond acceptors (Lipinski definition) is 4. The number of nitrogens with zero attached hydrogens (tertiary/aromatic N) is 3. The average molecular weight is 523 g/mol. The van der Waals surface area contributed by atoms with Gasteiger partial charge in [-0.3, -0.25) is 10.2 Å². The average Bonchev–Trinajstić information content (AvgIpc) is 2.82. The van der Waals surface area contributed by atoms with Crippen LogP contribution in [0.4, 0.5) is 17.6 Å². The lowest BCUT2D eigenvalue weighted by atomic mass is 10.1. The molecule has 190 valence electrons. The molecule has 0 saturated heterocycles. The zero-order valence-corrected chi connectivity index (χ0v) is 19.8. The minimum atomic E-state index is -4.73. The Morgan fingerprint density at radius 3 is 2.53 bits per heavy atom. The molecule has 1 unspecified atom stereocenters. The predicted octanol–water partition coefficient (Wildman–Crippen LogP) is 5.14. The van der Waals surface area contributed by atoms with Crippen LogP contribution in [0, 0.1) is 11.2 Å². The number of nitrogens with one attached hydrogen (secondary N) is 2. The van der Waals surface area contributed by atoms with Crippen LogP contribution in [0.5, 0.6) is 0 Å². The van der Waals surface area contributed by atoms with Crippen LogP contribution in [0.3, 0.4) is 0 Å². The maximum Gasteiger partial charge on any atom is 0.416 e. The third-order valence-electron chi connectivity index (χ3n) is 4.77. The number of amidine groups is 1. The zero-order valence-electron chi connectivity index (χ0n) is 19.1. The van der Waals surface area contributed by atoms with Crippen molar-refractivity contribution in [2.24, 2.45) is 15.7 Å². The summed E-state index contributed by atoms with van der Waals surface area (Å²) in [6.45, 7) is 5.13. The first-order valence-corrected chi connectivity index (χ1v) is 10.7. The second kappa shape index (κ2) is 12.6. The van der Waals surface area contributed by atoms with E-state index >= 15 is 0 Å². The van der Waals surface area contributed by atoms with E-state index in [-0.39, 0.29) is 28.8 Å². The summed E-state index contributed by atoms with van der Waals surface area (Å²) < 4.78 is 53.5. The maximum atomic E-state index is 13.5. The SMILES string of the molecule is C=C(/N=C\C=C/N)N/C(=N\C=N)C(C)N(Cc1ccc(F)cc1)C(=O)c1cc(Cl)cc(C(F)(F)F)c1. The van der Waals surface area contributed by atoms with Crippen molar-refractivity contribution in [3.05, 3.63) is 94.7 Å². The molecule has 0 bridgehead atoms. The fourth-order valence-electron chi connectivity index (χ4n) is 3.04. The standard InChI is InChI=1S/C24H23ClF4N6O/c1-15(22(33-14-31)34-16(2)32-9-3-8-30)35(13-17-4-6-21(26)7-5-17)23(36)18-10-19(24(27,28)29)12-20(25)11-18/h3-12,14-15H,2,13,30H2,1H3,(H2,31,33,34)/b8-3-,32-9-. The second-order valence-corrected chi connectivity index (χ2v) is 7.78. The number of alkyl halides is 3. The molecule has 4 N–H and O–H groups in total. The first-order valence-electron chi connectivity index (χ1n) is 10.3. The third kappa shape index (κ3) is 8.05. The van der Waals surface area contributed by atoms with Crippen LogP contribution < -0.4 is 11.1 Å². The molecule has 0 aromatic heterocycles. The minimum Gasteiger partial charge on any atom is -0.405 e. The van der Waals surface area contributed by atoms with E-state index in [0.717, 1.165) is 12.4 Å². The number of amides is 1. The molecule has 0 saturated carbocycles. The van der Waals surface area contributed by atoms with Gasteiger partial charge in [-0.25, -0.2) is 14.4 Å². The molecule has 0 spiro atoms. The van der Waals surface area contributed by atoms with E-state index in [0.29, 0.717) is 17.7 Å². The summed E-state index contributed by atoms with van der Waals surface area (Å²) in [5.41, 5.74) is 4.34. The number of rotatable bonds is 9. The van der Waals surface area contributed by atoms with Gasteiger partial charge >= 0.3 is 6.18 Å². The quantitative estimate of drug-likeness (QED) is 0.241. The highest BCUT2D eigenvalue weighted by molar-refractivity contribution is 6.31. The number of carbonyl (C=O) groups excluding carboxylic acids is 1. The minimum absolute atomic E-state index is 0.0532. The Bertz CT molecular complexity index is 1190. The van der Waals surface area contributed by atoms with E-state index < -0.39 is 29.5 Å². The van der Waals surface area contributed by atoms with Crippen LogP contribution in [0.25, 0.3) is 0 Å². The van der Waals surface area contributed by atoms with Crippen LogP contribution >= 0.6 is 11.6 Å². The Kier molecular flexibility index (Phi) is 9.92. The summed E-state index contributed by atoms with van der Waals surface area (Å²) in [5.74, 6) is -1.16. The molecule has 1 atom stereocenters. The van der Waals surface area contributed by atoms with Crippen molar-refractivity contribution < 1.29 is 22.4 Å². The first kappa shape index (κ1) is 28.2. The van der Waals surface area contributed by atoms with Gasteiger partial charge in [-0.2, -0.15) is 13.2 Å². The lowest BCUT2D eigenvalue weighted by Crippen LogP contribution is -2.47. The summed E-state index contributed by atoms with van der Waals surface area (Å²) in [6.07, 6.45) is 0.0154. The Balaban J connectivity index is 2.51. The van der Waals surface area contributed by atoms with Crippen molar-refractivity contribution in [1.82, 2.24) is 10.2 Å². The molecule has 2 rings (SSSR count). The lowest BCUT2D eigenvalue weighted by molar-refractivity contribution is -0.137. The van der Waals surface area contributed by atoms with Crippen molar-refractivity contribution in [2.45, 2.75) is 25.7 Å². The predicted molar refractivity (Wildman–Crippen MR) is 133 cm³/mol. The number of nitrogens with two attached hydrogens (primary N) is 1. The summed E-state index contributed by atoms with van der Waals surface area (Å²) >= 11 is 5.88. The lowest BCUT2D eigenvalue weighted by Gasteiger charge is -2.31. The second-order valence-electron chi connectivity index (χ2n) is 7.34. The van der Waals surface area contributed by atoms with Crippen LogP contribution in [-0.2, 0) is 12.7 Å². The summed E-state index contributed by atoms with van der Waals surface area (Å²) in [7, 11) is 0. The van der Waals surface area contributed by atoms with Crippen molar-refractivity contribution in [1.29, 1.82) is 5.41 Å². The summed E-state index contributed by atoms with van der Waals surface area (Å²) in [6, 6.07) is 6.86. The molecular formula is C24H23ClF4N6O. The fourth-order valence-corrected chi connectivity index (χ4v) is 3.27. The summed E-state index contributed by atoms with van der Waals surface area (Å²) in [4.78, 5) is 22.6. The van der Waals surface area contributed by atoms with Gasteiger partial charge in [0.2, 0.25) is 0 Å². The number of carbonyl (C=O) groups is 1. The van der Waals surface area contributed by atoms with Gasteiger partial charge in [-0.15, -0.1) is 0 Å². The van der Waals surface area contributed by atoms with Gasteiger partial charge in [0.05, 0.1) is 11.6 Å². The fraction of sp³-hybridized carbons (Fsp3) is 0.167. The molecule has 12 heteroatoms. The van der Waals surface area contributed by atoms with E-state index in [1.165, 1.54) is 47.7 Å². The molecule has 7 nitrogen and oxygen atoms in total. The van der Waals surface area contributed by atoms with Crippen molar-refractivity contribution >= 4 is 35.9 Å². The Morgan fingerprint density at radius 2 is 1.94 bits per heavy atom. The Hall–Kier alpha value is -3.99. The molecule has 2 aromatic carbocycles. The summed E-state index contributed by atoms with van der Waals surface area (Å²) in [5, 5.41) is 9.89. The Morgan fingerprint density at radius 1 is 1.28 bits per heavy atom. The van der Waals surface area contributed by atoms with Crippen molar-refractivity contribution in [2.75, 3.05) is 0 Å². The van der Waals surface area contributed by atoms with Gasteiger partial charge in [-0.1, -0.05) is 30.3 Å². The molecule has 0 radical (unpaired) electrons. The van der Waals surface area contributed by atoms with E-state index in [9.17, 15) is 22.4 Å². The number of allylic oxidation sites excluding steroid dienone is 1. The van der Waals surface area contributed by atoms with Gasteiger partial charge in [0.25, 0.3) is 5.91 Å². The molecule has 0 aliphatic carbocycles. The van der Waals surface area contributed by atoms with Crippen molar-refractivity contribution in [3.63, 3.8) is 0 Å². The third-order valence-corrected chi connectivity index (χ3v) is 4.98. The van der Waals surface area contributed by atoms with Gasteiger partial charge < -0.3 is 16.0 Å². The van der Waals surface area contributed by atoms with Crippen LogP contribution in [-0.4, -0.2) is 35.2 Å². The normalized spacial score (nSPS) is 13.1. The van der Waals surface area contributed by atoms with Crippen LogP contribution in [0.2, 0.25) is 5.02 Å². The molecular weight excluding hydrogens is 500 g/mol. The highest BCUT2D eigenvalue weighted by atomic mass is 35.5. The topological polar surface area (TPSA) is 107 Å². The molecule has 1 amide bonds. The number of hydrogen-bond donors (Lipinski definition) is 3. The number of benzene rings is 2. The van der Waals surface area contributed by atoms with E-state index in [1.54, 1.807) is 6.92 Å². The first-order chi connectivity index (χ1) is 17.0. The van der Waals surface area contributed by atoms with Crippen molar-refractivity contribution in [3.8, 4) is 0 Å². The number of aliphatic imine (C=N–C) groups is 2. The molecule has 2 aromatic rings. The highest BCUT2D eigenvalue weighted by Crippen LogP contribution is 2.32. The molecule has 0 fully saturated rings. The largest absolute Gasteiger partial charge is 0.416 e. The molecule has 0 heterocycles. The van der Waals surface area contributed by atoms with E-state index in [1.807, 2.05) is 0 Å². The highest BCUT2D eigenvalue weighted by Gasteiger charge is 2.33. The Labute approximate surface area is 210 Å². The molecule has 36 heavy (non-hydrogen) atoms. The van der Waals surface area contributed by atoms with E-state index in [4.69, 9.17) is 22.7 Å². The van der Waals surface area contributed by atoms with Gasteiger partial charge in [-0.05, 0) is 55.1 Å². The monoisotopic (exact) mass is 522 g/mol. The zero-order chi connectivity index (χ0) is 26.9. The van der Waals surface area contributed by atoms with Gasteiger partial charge in [0.1, 0.15) is 23.8 Å².